The zero-order valence-electron chi connectivity index (χ0n) is 20.5. The first-order valence-corrected chi connectivity index (χ1v) is 12.1. The number of imidazole rings is 1. The summed E-state index contributed by atoms with van der Waals surface area (Å²) in [7, 11) is 1.31. The van der Waals surface area contributed by atoms with Gasteiger partial charge in [-0.15, -0.1) is 0 Å². The molecule has 2 aromatic rings. The second-order valence-corrected chi connectivity index (χ2v) is 9.96. The van der Waals surface area contributed by atoms with E-state index in [-0.39, 0.29) is 11.8 Å². The monoisotopic (exact) mass is 452 g/mol. The van der Waals surface area contributed by atoms with Gasteiger partial charge < -0.3 is 19.9 Å². The normalized spacial score (nSPS) is 21.1. The van der Waals surface area contributed by atoms with Gasteiger partial charge in [-0.1, -0.05) is 26.0 Å². The quantitative estimate of drug-likeness (QED) is 0.700. The van der Waals surface area contributed by atoms with Crippen LogP contribution in [0.1, 0.15) is 69.0 Å². The number of hydrogen-bond acceptors (Lipinski definition) is 4. The zero-order chi connectivity index (χ0) is 23.8. The van der Waals surface area contributed by atoms with E-state index in [2.05, 4.69) is 36.3 Å². The van der Waals surface area contributed by atoms with Gasteiger partial charge in [-0.3, -0.25) is 4.79 Å². The van der Waals surface area contributed by atoms with Crippen LogP contribution in [0.4, 0.5) is 4.79 Å². The van der Waals surface area contributed by atoms with Crippen molar-refractivity contribution in [3.63, 3.8) is 0 Å². The Kier molecular flexibility index (Phi) is 6.50. The van der Waals surface area contributed by atoms with Crippen molar-refractivity contribution in [2.24, 2.45) is 5.92 Å². The van der Waals surface area contributed by atoms with Crippen LogP contribution in [0.3, 0.4) is 0 Å². The van der Waals surface area contributed by atoms with Gasteiger partial charge >= 0.3 is 6.09 Å². The first-order chi connectivity index (χ1) is 15.8. The molecular weight excluding hydrogens is 416 g/mol. The predicted molar refractivity (Wildman–Crippen MR) is 128 cm³/mol. The number of H-pyrrole nitrogens is 1. The summed E-state index contributed by atoms with van der Waals surface area (Å²) >= 11 is 0. The molecule has 0 spiro atoms. The standard InChI is InChI=1S/C26H36N4O3/c1-16(2)22(29-25(32)33-5)23(31)30-14-8-13-26(30,4)24-27-15-21(28-24)20-12-11-17(3)18-9-6-7-10-19(18)20/h11-12,15-16,22H,6-10,13-14H2,1-5H3,(H,27,28)(H,29,32)/t22-,26-/m0/s1. The number of methoxy groups -OCH3 is 1. The topological polar surface area (TPSA) is 87.3 Å². The molecule has 33 heavy (non-hydrogen) atoms. The molecule has 2 heterocycles. The van der Waals surface area contributed by atoms with E-state index in [1.165, 1.54) is 42.2 Å². The van der Waals surface area contributed by atoms with Gasteiger partial charge in [0.25, 0.3) is 0 Å². The van der Waals surface area contributed by atoms with E-state index in [9.17, 15) is 9.59 Å². The Balaban J connectivity index is 1.65. The molecule has 1 aromatic heterocycles. The molecule has 0 bridgehead atoms. The zero-order valence-corrected chi connectivity index (χ0v) is 20.5. The average Bonchev–Trinajstić information content (AvgIpc) is 3.45. The van der Waals surface area contributed by atoms with E-state index in [4.69, 9.17) is 9.72 Å². The summed E-state index contributed by atoms with van der Waals surface area (Å²) in [5.41, 5.74) is 5.96. The molecule has 1 aliphatic heterocycles. The Labute approximate surface area is 196 Å². The fourth-order valence-corrected chi connectivity index (χ4v) is 5.46. The highest BCUT2D eigenvalue weighted by molar-refractivity contribution is 5.86. The lowest BCUT2D eigenvalue weighted by atomic mass is 9.85. The van der Waals surface area contributed by atoms with Gasteiger partial charge in [0.15, 0.2) is 0 Å². The molecule has 1 fully saturated rings. The van der Waals surface area contributed by atoms with Crippen molar-refractivity contribution >= 4 is 12.0 Å². The van der Waals surface area contributed by atoms with E-state index < -0.39 is 17.7 Å². The van der Waals surface area contributed by atoms with Crippen molar-refractivity contribution in [3.8, 4) is 11.3 Å². The number of carbonyl (C=O) groups excluding carboxylic acids is 2. The van der Waals surface area contributed by atoms with Crippen molar-refractivity contribution in [1.82, 2.24) is 20.2 Å². The van der Waals surface area contributed by atoms with Crippen LogP contribution in [0.2, 0.25) is 0 Å². The molecule has 0 unspecified atom stereocenters. The van der Waals surface area contributed by atoms with Gasteiger partial charge in [-0.2, -0.15) is 0 Å². The first-order valence-electron chi connectivity index (χ1n) is 12.1. The summed E-state index contributed by atoms with van der Waals surface area (Å²) in [6, 6.07) is 3.76. The Bertz CT molecular complexity index is 1040. The summed E-state index contributed by atoms with van der Waals surface area (Å²) in [4.78, 5) is 35.6. The van der Waals surface area contributed by atoms with Gasteiger partial charge in [0, 0.05) is 12.1 Å². The van der Waals surface area contributed by atoms with Gasteiger partial charge in [0.05, 0.1) is 24.5 Å². The van der Waals surface area contributed by atoms with Crippen LogP contribution < -0.4 is 5.32 Å². The number of hydrogen-bond donors (Lipinski definition) is 2. The van der Waals surface area contributed by atoms with Crippen molar-refractivity contribution in [3.05, 3.63) is 40.8 Å². The van der Waals surface area contributed by atoms with Crippen LogP contribution in [-0.2, 0) is 27.9 Å². The number of fused-ring (bicyclic) bond motifs is 1. The lowest BCUT2D eigenvalue weighted by molar-refractivity contribution is -0.138. The highest BCUT2D eigenvalue weighted by atomic mass is 16.5. The Morgan fingerprint density at radius 1 is 1.18 bits per heavy atom. The average molecular weight is 453 g/mol. The predicted octanol–water partition coefficient (Wildman–Crippen LogP) is 4.48. The smallest absolute Gasteiger partial charge is 0.407 e. The first kappa shape index (κ1) is 23.3. The molecule has 4 rings (SSSR count). The number of nitrogens with zero attached hydrogens (tertiary/aromatic N) is 2. The van der Waals surface area contributed by atoms with E-state index in [1.807, 2.05) is 24.9 Å². The highest BCUT2D eigenvalue weighted by Crippen LogP contribution is 2.40. The summed E-state index contributed by atoms with van der Waals surface area (Å²) in [5.74, 6) is 0.641. The fraction of sp³-hybridized carbons (Fsp3) is 0.577. The third-order valence-electron chi connectivity index (χ3n) is 7.44. The minimum Gasteiger partial charge on any atom is -0.453 e. The summed E-state index contributed by atoms with van der Waals surface area (Å²) in [6.07, 6.45) is 7.73. The minimum atomic E-state index is -0.645. The van der Waals surface area contributed by atoms with Crippen LogP contribution in [0, 0.1) is 12.8 Å². The molecule has 2 N–H and O–H groups in total. The third-order valence-corrected chi connectivity index (χ3v) is 7.44. The second kappa shape index (κ2) is 9.20. The molecule has 7 nitrogen and oxygen atoms in total. The lowest BCUT2D eigenvalue weighted by Gasteiger charge is -2.37. The molecule has 2 aliphatic rings. The molecule has 1 aromatic carbocycles. The van der Waals surface area contributed by atoms with Crippen LogP contribution in [0.15, 0.2) is 18.3 Å². The maximum Gasteiger partial charge on any atom is 0.407 e. The molecule has 1 aliphatic carbocycles. The van der Waals surface area contributed by atoms with E-state index >= 15 is 0 Å². The Morgan fingerprint density at radius 2 is 1.91 bits per heavy atom. The number of ether oxygens (including phenoxy) is 1. The van der Waals surface area contributed by atoms with Crippen molar-refractivity contribution in [2.45, 2.75) is 77.8 Å². The SMILES string of the molecule is COC(=O)N[C@H](C(=O)N1CCC[C@@]1(C)c1ncc(-c2ccc(C)c3c2CCCC3)[nH]1)C(C)C. The van der Waals surface area contributed by atoms with Gasteiger partial charge in [-0.05, 0) is 75.0 Å². The number of aromatic amines is 1. The lowest BCUT2D eigenvalue weighted by Crippen LogP contribution is -2.55. The Morgan fingerprint density at radius 3 is 2.61 bits per heavy atom. The van der Waals surface area contributed by atoms with E-state index in [1.54, 1.807) is 0 Å². The highest BCUT2D eigenvalue weighted by Gasteiger charge is 2.46. The Hall–Kier alpha value is -2.83. The number of likely N-dealkylation sites (tertiary alicyclic amines) is 1. The molecule has 178 valence electrons. The number of nitrogens with one attached hydrogen (secondary N) is 2. The summed E-state index contributed by atoms with van der Waals surface area (Å²) in [5, 5.41) is 2.72. The van der Waals surface area contributed by atoms with Gasteiger partial charge in [0.1, 0.15) is 11.9 Å². The minimum absolute atomic E-state index is 0.0623. The third kappa shape index (κ3) is 4.25. The number of aryl methyl sites for hydroxylation is 1. The number of amides is 2. The maximum atomic E-state index is 13.5. The second-order valence-electron chi connectivity index (χ2n) is 9.96. The summed E-state index contributed by atoms with van der Waals surface area (Å²) < 4.78 is 4.75. The van der Waals surface area contributed by atoms with Crippen LogP contribution in [0.25, 0.3) is 11.3 Å². The molecular formula is C26H36N4O3. The van der Waals surface area contributed by atoms with Crippen molar-refractivity contribution < 1.29 is 14.3 Å². The molecule has 2 amide bonds. The number of carbonyl (C=O) groups is 2. The molecule has 0 radical (unpaired) electrons. The van der Waals surface area contributed by atoms with Gasteiger partial charge in [0.2, 0.25) is 5.91 Å². The van der Waals surface area contributed by atoms with Crippen LogP contribution in [-0.4, -0.2) is 46.6 Å². The number of aromatic nitrogens is 2. The van der Waals surface area contributed by atoms with Crippen LogP contribution >= 0.6 is 0 Å². The van der Waals surface area contributed by atoms with Crippen molar-refractivity contribution in [2.75, 3.05) is 13.7 Å². The van der Waals surface area contributed by atoms with E-state index in [0.29, 0.717) is 6.54 Å². The molecule has 7 heteroatoms. The summed E-state index contributed by atoms with van der Waals surface area (Å²) in [6.45, 7) is 8.76. The van der Waals surface area contributed by atoms with Gasteiger partial charge in [-0.25, -0.2) is 9.78 Å². The molecule has 1 saturated heterocycles. The number of rotatable bonds is 5. The fourth-order valence-electron chi connectivity index (χ4n) is 5.46. The number of alkyl carbamates (subject to hydrolysis) is 1. The maximum absolute atomic E-state index is 13.5. The molecule has 2 atom stereocenters. The number of benzene rings is 1. The van der Waals surface area contributed by atoms with E-state index in [0.717, 1.165) is 37.2 Å². The van der Waals surface area contributed by atoms with Crippen molar-refractivity contribution in [1.29, 1.82) is 0 Å². The van der Waals surface area contributed by atoms with Crippen LogP contribution in [0.5, 0.6) is 0 Å². The molecule has 0 saturated carbocycles. The largest absolute Gasteiger partial charge is 0.453 e.